The predicted molar refractivity (Wildman–Crippen MR) is 128 cm³/mol. The Morgan fingerprint density at radius 3 is 2.34 bits per heavy atom. The molecule has 1 N–H and O–H groups in total. The highest BCUT2D eigenvalue weighted by Crippen LogP contribution is 2.40. The fourth-order valence-electron chi connectivity index (χ4n) is 3.50. The summed E-state index contributed by atoms with van der Waals surface area (Å²) in [6.07, 6.45) is -2.41. The second kappa shape index (κ2) is 8.58. The van der Waals surface area contributed by atoms with Crippen molar-refractivity contribution in [2.75, 3.05) is 6.26 Å². The molecule has 6 nitrogen and oxygen atoms in total. The van der Waals surface area contributed by atoms with Crippen LogP contribution in [0.2, 0.25) is 0 Å². The Bertz CT molecular complexity index is 1510. The summed E-state index contributed by atoms with van der Waals surface area (Å²) in [5, 5.41) is 14.8. The van der Waals surface area contributed by atoms with Gasteiger partial charge in [0.25, 0.3) is 0 Å². The molecule has 4 aromatic rings. The minimum atomic E-state index is -4.64. The van der Waals surface area contributed by atoms with E-state index in [0.29, 0.717) is 16.1 Å². The third-order valence-corrected chi connectivity index (χ3v) is 7.56. The number of hydrogen-bond donors (Lipinski definition) is 1. The monoisotopic (exact) mass is 521 g/mol. The van der Waals surface area contributed by atoms with Crippen LogP contribution in [-0.2, 0) is 21.6 Å². The Hall–Kier alpha value is -3.02. The summed E-state index contributed by atoms with van der Waals surface area (Å²) < 4.78 is 66.7. The number of aryl methyl sites for hydroxylation is 1. The van der Waals surface area contributed by atoms with Crippen molar-refractivity contribution in [3.05, 3.63) is 71.7 Å². The van der Waals surface area contributed by atoms with E-state index < -0.39 is 27.2 Å². The lowest BCUT2D eigenvalue weighted by molar-refractivity contribution is -0.137. The van der Waals surface area contributed by atoms with Gasteiger partial charge in [0, 0.05) is 16.8 Å². The minimum Gasteiger partial charge on any atom is -0.384 e. The molecule has 0 spiro atoms. The van der Waals surface area contributed by atoms with Crippen LogP contribution in [0.3, 0.4) is 0 Å². The van der Waals surface area contributed by atoms with E-state index in [9.17, 15) is 26.7 Å². The van der Waals surface area contributed by atoms with E-state index in [1.54, 1.807) is 36.4 Å². The van der Waals surface area contributed by atoms with Crippen molar-refractivity contribution < 1.29 is 26.7 Å². The molecule has 0 bridgehead atoms. The first kappa shape index (κ1) is 25.1. The molecule has 0 radical (unpaired) electrons. The third kappa shape index (κ3) is 5.16. The first-order chi connectivity index (χ1) is 16.1. The van der Waals surface area contributed by atoms with Crippen molar-refractivity contribution in [3.8, 4) is 26.7 Å². The zero-order valence-corrected chi connectivity index (χ0v) is 20.9. The van der Waals surface area contributed by atoms with Crippen molar-refractivity contribution in [1.82, 2.24) is 14.8 Å². The molecule has 3 heterocycles. The van der Waals surface area contributed by atoms with Crippen molar-refractivity contribution in [3.63, 3.8) is 0 Å². The van der Waals surface area contributed by atoms with Gasteiger partial charge in [-0.3, -0.25) is 4.98 Å². The number of pyridine rings is 1. The van der Waals surface area contributed by atoms with E-state index in [4.69, 9.17) is 0 Å². The lowest BCUT2D eigenvalue weighted by atomic mass is 10.1. The molecule has 11 heteroatoms. The molecule has 35 heavy (non-hydrogen) atoms. The van der Waals surface area contributed by atoms with Gasteiger partial charge in [-0.25, -0.2) is 13.1 Å². The lowest BCUT2D eigenvalue weighted by Crippen LogP contribution is -2.17. The maximum Gasteiger partial charge on any atom is 0.418 e. The zero-order chi connectivity index (χ0) is 25.8. The number of rotatable bonds is 5. The number of hydrogen-bond acceptors (Lipinski definition) is 6. The van der Waals surface area contributed by atoms with Gasteiger partial charge in [-0.1, -0.05) is 12.1 Å². The zero-order valence-electron chi connectivity index (χ0n) is 19.3. The van der Waals surface area contributed by atoms with E-state index >= 15 is 0 Å². The van der Waals surface area contributed by atoms with E-state index in [-0.39, 0.29) is 22.0 Å². The molecule has 3 aromatic heterocycles. The second-order valence-corrected chi connectivity index (χ2v) is 11.8. The summed E-state index contributed by atoms with van der Waals surface area (Å²) >= 11 is 1.27. The summed E-state index contributed by atoms with van der Waals surface area (Å²) in [6, 6.07) is 12.4. The number of thiophene rings is 1. The summed E-state index contributed by atoms with van der Waals surface area (Å²) in [4.78, 5) is 5.52. The van der Waals surface area contributed by atoms with E-state index in [1.165, 1.54) is 38.2 Å². The van der Waals surface area contributed by atoms with Crippen molar-refractivity contribution in [2.45, 2.75) is 37.4 Å². The van der Waals surface area contributed by atoms with Gasteiger partial charge >= 0.3 is 6.18 Å². The van der Waals surface area contributed by atoms with Crippen LogP contribution in [-0.4, -0.2) is 34.5 Å². The molecule has 0 saturated heterocycles. The van der Waals surface area contributed by atoms with E-state index in [1.807, 2.05) is 0 Å². The molecule has 0 fully saturated rings. The van der Waals surface area contributed by atoms with E-state index in [0.717, 1.165) is 28.1 Å². The maximum atomic E-state index is 13.9. The van der Waals surface area contributed by atoms with Crippen LogP contribution in [0, 0.1) is 6.92 Å². The number of nitrogens with zero attached hydrogens (tertiary/aromatic N) is 3. The molecule has 0 aliphatic rings. The molecular weight excluding hydrogens is 499 g/mol. The van der Waals surface area contributed by atoms with Crippen LogP contribution in [0.4, 0.5) is 13.2 Å². The van der Waals surface area contributed by atoms with Gasteiger partial charge in [-0.15, -0.1) is 11.3 Å². The topological polar surface area (TPSA) is 85.1 Å². The standard InChI is InChI=1S/C24H22F3N3O3S2/c1-14-10-17(24(25,26)27)19(13-28-14)30-18(12-22(29-30)23(2,3)31)21-9-8-20(34-21)15-6-5-7-16(11-15)35(4,32)33/h5-13,31H,1-4H3. The molecule has 184 valence electrons. The number of aliphatic hydroxyl groups is 1. The largest absolute Gasteiger partial charge is 0.418 e. The summed E-state index contributed by atoms with van der Waals surface area (Å²) in [5.41, 5.74) is -1.16. The van der Waals surface area contributed by atoms with E-state index in [2.05, 4.69) is 10.1 Å². The summed E-state index contributed by atoms with van der Waals surface area (Å²) in [6.45, 7) is 4.47. The molecule has 0 unspecified atom stereocenters. The molecule has 0 atom stereocenters. The molecular formula is C24H22F3N3O3S2. The fraction of sp³-hybridized carbons (Fsp3) is 0.250. The number of alkyl halides is 3. The summed E-state index contributed by atoms with van der Waals surface area (Å²) in [7, 11) is -3.41. The molecule has 0 aliphatic heterocycles. The molecule has 0 aliphatic carbocycles. The van der Waals surface area contributed by atoms with Crippen LogP contribution in [0.15, 0.2) is 59.6 Å². The van der Waals surface area contributed by atoms with Gasteiger partial charge < -0.3 is 5.11 Å². The average Bonchev–Trinajstić information content (AvgIpc) is 3.40. The minimum absolute atomic E-state index is 0.167. The Morgan fingerprint density at radius 2 is 1.71 bits per heavy atom. The van der Waals surface area contributed by atoms with Crippen LogP contribution in [0.1, 0.15) is 30.8 Å². The van der Waals surface area contributed by atoms with Gasteiger partial charge in [0.15, 0.2) is 9.84 Å². The highest BCUT2D eigenvalue weighted by molar-refractivity contribution is 7.90. The third-order valence-electron chi connectivity index (χ3n) is 5.29. The van der Waals surface area contributed by atoms with Gasteiger partial charge in [-0.2, -0.15) is 18.3 Å². The lowest BCUT2D eigenvalue weighted by Gasteiger charge is -2.15. The van der Waals surface area contributed by atoms with Gasteiger partial charge in [0.05, 0.1) is 38.6 Å². The number of halogens is 3. The highest BCUT2D eigenvalue weighted by atomic mass is 32.2. The number of aromatic nitrogens is 3. The van der Waals surface area contributed by atoms with Crippen molar-refractivity contribution in [1.29, 1.82) is 0 Å². The SMILES string of the molecule is Cc1cc(C(F)(F)F)c(-n2nc(C(C)(C)O)cc2-c2ccc(-c3cccc(S(C)(=O)=O)c3)s2)cn1. The smallest absolute Gasteiger partial charge is 0.384 e. The highest BCUT2D eigenvalue weighted by Gasteiger charge is 2.36. The first-order valence-corrected chi connectivity index (χ1v) is 13.1. The molecule has 0 saturated carbocycles. The number of benzene rings is 1. The normalized spacial score (nSPS) is 12.8. The Kier molecular flexibility index (Phi) is 6.15. The van der Waals surface area contributed by atoms with Crippen LogP contribution in [0.25, 0.3) is 26.7 Å². The van der Waals surface area contributed by atoms with Crippen LogP contribution in [0.5, 0.6) is 0 Å². The van der Waals surface area contributed by atoms with Crippen molar-refractivity contribution in [2.24, 2.45) is 0 Å². The number of sulfone groups is 1. The van der Waals surface area contributed by atoms with Crippen LogP contribution >= 0.6 is 11.3 Å². The molecule has 1 aromatic carbocycles. The Morgan fingerprint density at radius 1 is 1.03 bits per heavy atom. The predicted octanol–water partition coefficient (Wildman–Crippen LogP) is 5.62. The first-order valence-electron chi connectivity index (χ1n) is 10.4. The fourth-order valence-corrected chi connectivity index (χ4v) is 5.17. The van der Waals surface area contributed by atoms with Crippen molar-refractivity contribution >= 4 is 21.2 Å². The van der Waals surface area contributed by atoms with Crippen LogP contribution < -0.4 is 0 Å². The molecule has 0 amide bonds. The van der Waals surface area contributed by atoms with Gasteiger partial charge in [-0.05, 0) is 62.7 Å². The molecule has 4 rings (SSSR count). The van der Waals surface area contributed by atoms with Gasteiger partial charge in [0.2, 0.25) is 0 Å². The average molecular weight is 522 g/mol. The quantitative estimate of drug-likeness (QED) is 0.368. The maximum absolute atomic E-state index is 13.9. The Labute approximate surface area is 204 Å². The second-order valence-electron chi connectivity index (χ2n) is 8.69. The Balaban J connectivity index is 1.90. The summed E-state index contributed by atoms with van der Waals surface area (Å²) in [5.74, 6) is 0. The van der Waals surface area contributed by atoms with Gasteiger partial charge in [0.1, 0.15) is 5.60 Å².